The van der Waals surface area contributed by atoms with Gasteiger partial charge in [-0.2, -0.15) is 0 Å². The third-order valence-corrected chi connectivity index (χ3v) is 5.08. The molecule has 1 aliphatic rings. The summed E-state index contributed by atoms with van der Waals surface area (Å²) < 4.78 is 0. The van der Waals surface area contributed by atoms with Crippen LogP contribution in [0.5, 0.6) is 0 Å². The van der Waals surface area contributed by atoms with Crippen molar-refractivity contribution in [3.63, 3.8) is 0 Å². The molecule has 126 valence electrons. The molecule has 1 aliphatic heterocycles. The molecular weight excluding hydrogens is 322 g/mol. The molecule has 1 N–H and O–H groups in total. The van der Waals surface area contributed by atoms with E-state index in [1.54, 1.807) is 10.3 Å². The van der Waals surface area contributed by atoms with E-state index in [1.165, 1.54) is 16.9 Å². The monoisotopic (exact) mass is 343 g/mol. The maximum Gasteiger partial charge on any atom is 0.282 e. The minimum absolute atomic E-state index is 0.0609. The number of hydrogen-bond donors (Lipinski definition) is 1. The van der Waals surface area contributed by atoms with Crippen molar-refractivity contribution in [2.75, 3.05) is 19.6 Å². The van der Waals surface area contributed by atoms with E-state index in [1.807, 2.05) is 30.3 Å². The smallest absolute Gasteiger partial charge is 0.282 e. The molecule has 2 aromatic rings. The number of nitrogens with zero attached hydrogens (tertiary/aromatic N) is 2. The van der Waals surface area contributed by atoms with Gasteiger partial charge < -0.3 is 10.2 Å². The molecule has 0 saturated carbocycles. The molecule has 3 rings (SSSR count). The van der Waals surface area contributed by atoms with Crippen LogP contribution in [0.4, 0.5) is 0 Å². The van der Waals surface area contributed by atoms with Crippen molar-refractivity contribution in [2.45, 2.75) is 25.7 Å². The molecule has 0 aliphatic carbocycles. The predicted molar refractivity (Wildman–Crippen MR) is 94.4 cm³/mol. The lowest BCUT2D eigenvalue weighted by atomic mass is 10.0. The van der Waals surface area contributed by atoms with Gasteiger partial charge in [0.15, 0.2) is 5.01 Å². The number of thiazole rings is 1. The standard InChI is InChI=1S/C18H21N3O2S/c1-13(14-7-3-2-4-8-14)11-19-16(22)15-12-24-17(20-15)18(23)21-9-5-6-10-21/h2-4,7-8,12-13H,5-6,9-11H2,1H3,(H,19,22)/t13-/m1/s1. The van der Waals surface area contributed by atoms with Crippen molar-refractivity contribution in [1.82, 2.24) is 15.2 Å². The molecule has 5 nitrogen and oxygen atoms in total. The molecule has 2 heterocycles. The van der Waals surface area contributed by atoms with Gasteiger partial charge in [-0.15, -0.1) is 11.3 Å². The van der Waals surface area contributed by atoms with E-state index in [2.05, 4.69) is 17.2 Å². The molecule has 24 heavy (non-hydrogen) atoms. The Kier molecular flexibility index (Phi) is 5.25. The van der Waals surface area contributed by atoms with E-state index in [-0.39, 0.29) is 17.7 Å². The second-order valence-corrected chi connectivity index (χ2v) is 6.92. The third-order valence-electron chi connectivity index (χ3n) is 4.25. The van der Waals surface area contributed by atoms with Crippen LogP contribution in [0.2, 0.25) is 0 Å². The van der Waals surface area contributed by atoms with Gasteiger partial charge in [0, 0.05) is 25.0 Å². The number of rotatable bonds is 5. The highest BCUT2D eigenvalue weighted by atomic mass is 32.1. The average molecular weight is 343 g/mol. The highest BCUT2D eigenvalue weighted by molar-refractivity contribution is 7.11. The summed E-state index contributed by atoms with van der Waals surface area (Å²) in [6.45, 7) is 4.18. The van der Waals surface area contributed by atoms with Crippen molar-refractivity contribution in [2.24, 2.45) is 0 Å². The zero-order valence-electron chi connectivity index (χ0n) is 13.7. The fourth-order valence-corrected chi connectivity index (χ4v) is 3.53. The number of carbonyl (C=O) groups excluding carboxylic acids is 2. The van der Waals surface area contributed by atoms with Crippen molar-refractivity contribution in [3.8, 4) is 0 Å². The lowest BCUT2D eigenvalue weighted by molar-refractivity contribution is 0.0792. The zero-order chi connectivity index (χ0) is 16.9. The molecule has 1 atom stereocenters. The average Bonchev–Trinajstić information content (AvgIpc) is 3.31. The number of likely N-dealkylation sites (tertiary alicyclic amines) is 1. The highest BCUT2D eigenvalue weighted by Gasteiger charge is 2.23. The van der Waals surface area contributed by atoms with Crippen molar-refractivity contribution < 1.29 is 9.59 Å². The van der Waals surface area contributed by atoms with Crippen LogP contribution in [-0.4, -0.2) is 41.3 Å². The molecule has 0 spiro atoms. The number of nitrogens with one attached hydrogen (secondary N) is 1. The molecular formula is C18H21N3O2S. The molecule has 0 radical (unpaired) electrons. The molecule has 1 fully saturated rings. The third kappa shape index (κ3) is 3.82. The van der Waals surface area contributed by atoms with Gasteiger partial charge in [-0.05, 0) is 24.3 Å². The van der Waals surface area contributed by atoms with E-state index in [4.69, 9.17) is 0 Å². The number of aromatic nitrogens is 1. The van der Waals surface area contributed by atoms with Crippen molar-refractivity contribution >= 4 is 23.2 Å². The van der Waals surface area contributed by atoms with E-state index >= 15 is 0 Å². The Morgan fingerprint density at radius 2 is 1.96 bits per heavy atom. The van der Waals surface area contributed by atoms with Crippen LogP contribution < -0.4 is 5.32 Å². The fourth-order valence-electron chi connectivity index (χ4n) is 2.77. The Labute approximate surface area is 145 Å². The van der Waals surface area contributed by atoms with E-state index < -0.39 is 0 Å². The van der Waals surface area contributed by atoms with Crippen LogP contribution in [0, 0.1) is 0 Å². The van der Waals surface area contributed by atoms with Gasteiger partial charge in [0.1, 0.15) is 5.69 Å². The number of amides is 2. The number of hydrogen-bond acceptors (Lipinski definition) is 4. The van der Waals surface area contributed by atoms with Gasteiger partial charge in [0.2, 0.25) is 0 Å². The van der Waals surface area contributed by atoms with Gasteiger partial charge in [-0.25, -0.2) is 4.98 Å². The van der Waals surface area contributed by atoms with Crippen molar-refractivity contribution in [3.05, 3.63) is 52.0 Å². The molecule has 1 aromatic heterocycles. The lowest BCUT2D eigenvalue weighted by Crippen LogP contribution is -2.29. The first-order chi connectivity index (χ1) is 11.6. The topological polar surface area (TPSA) is 62.3 Å². The van der Waals surface area contributed by atoms with Crippen LogP contribution in [0.15, 0.2) is 35.7 Å². The minimum Gasteiger partial charge on any atom is -0.350 e. The van der Waals surface area contributed by atoms with Gasteiger partial charge in [0.05, 0.1) is 0 Å². The summed E-state index contributed by atoms with van der Waals surface area (Å²) in [5.74, 6) is -0.0665. The van der Waals surface area contributed by atoms with Crippen LogP contribution >= 0.6 is 11.3 Å². The van der Waals surface area contributed by atoms with E-state index in [0.29, 0.717) is 17.2 Å². The quantitative estimate of drug-likeness (QED) is 0.908. The lowest BCUT2D eigenvalue weighted by Gasteiger charge is -2.13. The molecule has 1 saturated heterocycles. The Morgan fingerprint density at radius 3 is 2.67 bits per heavy atom. The molecule has 6 heteroatoms. The van der Waals surface area contributed by atoms with Crippen LogP contribution in [-0.2, 0) is 0 Å². The molecule has 2 amide bonds. The maximum atomic E-state index is 12.3. The second-order valence-electron chi connectivity index (χ2n) is 6.06. The first-order valence-corrected chi connectivity index (χ1v) is 9.11. The van der Waals surface area contributed by atoms with Gasteiger partial charge in [-0.1, -0.05) is 37.3 Å². The van der Waals surface area contributed by atoms with Gasteiger partial charge in [-0.3, -0.25) is 9.59 Å². The van der Waals surface area contributed by atoms with E-state index in [9.17, 15) is 9.59 Å². The summed E-state index contributed by atoms with van der Waals surface area (Å²) in [7, 11) is 0. The van der Waals surface area contributed by atoms with Gasteiger partial charge in [0.25, 0.3) is 11.8 Å². The van der Waals surface area contributed by atoms with Crippen LogP contribution in [0.3, 0.4) is 0 Å². The minimum atomic E-state index is -0.227. The summed E-state index contributed by atoms with van der Waals surface area (Å²) in [5, 5.41) is 4.96. The Hall–Kier alpha value is -2.21. The SMILES string of the molecule is C[C@H](CNC(=O)c1csc(C(=O)N2CCCC2)n1)c1ccccc1. The highest BCUT2D eigenvalue weighted by Crippen LogP contribution is 2.17. The predicted octanol–water partition coefficient (Wildman–Crippen LogP) is 2.91. The van der Waals surface area contributed by atoms with E-state index in [0.717, 1.165) is 25.9 Å². The molecule has 0 bridgehead atoms. The Balaban J connectivity index is 1.56. The normalized spacial score (nSPS) is 15.3. The largest absolute Gasteiger partial charge is 0.350 e. The number of benzene rings is 1. The zero-order valence-corrected chi connectivity index (χ0v) is 14.5. The Morgan fingerprint density at radius 1 is 1.25 bits per heavy atom. The summed E-state index contributed by atoms with van der Waals surface area (Å²) in [6, 6.07) is 10.1. The fraction of sp³-hybridized carbons (Fsp3) is 0.389. The number of carbonyl (C=O) groups is 2. The molecule has 1 aromatic carbocycles. The van der Waals surface area contributed by atoms with Crippen LogP contribution in [0.1, 0.15) is 51.5 Å². The Bertz CT molecular complexity index is 708. The molecule has 0 unspecified atom stereocenters. The first kappa shape index (κ1) is 16.6. The second kappa shape index (κ2) is 7.57. The maximum absolute atomic E-state index is 12.3. The summed E-state index contributed by atoms with van der Waals surface area (Å²) >= 11 is 1.24. The first-order valence-electron chi connectivity index (χ1n) is 8.23. The summed E-state index contributed by atoms with van der Waals surface area (Å²) in [6.07, 6.45) is 2.09. The van der Waals surface area contributed by atoms with Crippen molar-refractivity contribution in [1.29, 1.82) is 0 Å². The summed E-state index contributed by atoms with van der Waals surface area (Å²) in [5.41, 5.74) is 1.50. The summed E-state index contributed by atoms with van der Waals surface area (Å²) in [4.78, 5) is 30.5. The van der Waals surface area contributed by atoms with Gasteiger partial charge >= 0.3 is 0 Å². The van der Waals surface area contributed by atoms with Crippen LogP contribution in [0.25, 0.3) is 0 Å².